The van der Waals surface area contributed by atoms with Crippen LogP contribution in [-0.2, 0) is 24.0 Å². The van der Waals surface area contributed by atoms with Crippen molar-refractivity contribution in [3.63, 3.8) is 0 Å². The highest BCUT2D eigenvalue weighted by Crippen LogP contribution is 2.23. The number of carbonyl (C=O) groups excluding carboxylic acids is 3. The molecule has 9 nitrogen and oxygen atoms in total. The van der Waals surface area contributed by atoms with Gasteiger partial charge < -0.3 is 20.3 Å². The van der Waals surface area contributed by atoms with Gasteiger partial charge in [0.1, 0.15) is 11.9 Å². The maximum absolute atomic E-state index is 14.7. The molecule has 2 N–H and O–H groups in total. The van der Waals surface area contributed by atoms with Gasteiger partial charge in [0, 0.05) is 39.5 Å². The summed E-state index contributed by atoms with van der Waals surface area (Å²) in [5.74, 6) is -1.31. The van der Waals surface area contributed by atoms with Gasteiger partial charge in [0.2, 0.25) is 11.8 Å². The van der Waals surface area contributed by atoms with E-state index in [0.29, 0.717) is 31.0 Å². The lowest BCUT2D eigenvalue weighted by Gasteiger charge is -2.23. The molecule has 1 aromatic carbocycles. The largest absolute Gasteiger partial charge is 0.459 e. The number of esters is 1. The molecule has 0 aliphatic carbocycles. The van der Waals surface area contributed by atoms with E-state index in [1.807, 2.05) is 4.90 Å². The number of hydroxylamine groups is 2. The fourth-order valence-electron chi connectivity index (χ4n) is 2.89. The van der Waals surface area contributed by atoms with Gasteiger partial charge in [-0.1, -0.05) is 0 Å². The van der Waals surface area contributed by atoms with Crippen LogP contribution in [0.3, 0.4) is 0 Å². The van der Waals surface area contributed by atoms with Gasteiger partial charge in [0.05, 0.1) is 31.9 Å². The lowest BCUT2D eigenvalue weighted by Crippen LogP contribution is -2.37. The molecule has 2 amide bonds. The van der Waals surface area contributed by atoms with Crippen LogP contribution in [0.4, 0.5) is 15.8 Å². The molecule has 1 aliphatic rings. The number of carbonyl (C=O) groups is 3. The first kappa shape index (κ1) is 22.4. The Morgan fingerprint density at radius 1 is 1.17 bits per heavy atom. The van der Waals surface area contributed by atoms with Gasteiger partial charge in [0.15, 0.2) is 0 Å². The third kappa shape index (κ3) is 7.22. The zero-order valence-electron chi connectivity index (χ0n) is 16.9. The minimum absolute atomic E-state index is 0.156. The quantitative estimate of drug-likeness (QED) is 0.645. The van der Waals surface area contributed by atoms with Crippen LogP contribution in [-0.4, -0.2) is 68.3 Å². The molecule has 0 aromatic heterocycles. The van der Waals surface area contributed by atoms with Crippen LogP contribution in [0.1, 0.15) is 20.8 Å². The van der Waals surface area contributed by atoms with Gasteiger partial charge in [-0.05, 0) is 18.2 Å². The molecule has 0 radical (unpaired) electrons. The number of nitrogens with one attached hydrogen (secondary N) is 2. The van der Waals surface area contributed by atoms with Crippen molar-refractivity contribution in [1.29, 1.82) is 0 Å². The molecular formula is C19H27FN4O5. The second kappa shape index (κ2) is 10.6. The monoisotopic (exact) mass is 410 g/mol. The lowest BCUT2D eigenvalue weighted by molar-refractivity contribution is -0.179. The Hall–Kier alpha value is -2.88. The molecule has 0 spiro atoms. The minimum atomic E-state index is -0.584. The number of benzene rings is 1. The molecule has 1 atom stereocenters. The summed E-state index contributed by atoms with van der Waals surface area (Å²) < 4.78 is 19.8. The summed E-state index contributed by atoms with van der Waals surface area (Å²) >= 11 is 0. The number of hydrogen-bond donors (Lipinski definition) is 2. The molecule has 10 heteroatoms. The second-order valence-electron chi connectivity index (χ2n) is 6.66. The molecule has 1 aliphatic heterocycles. The maximum Gasteiger partial charge on any atom is 0.303 e. The van der Waals surface area contributed by atoms with Crippen LogP contribution >= 0.6 is 0 Å². The van der Waals surface area contributed by atoms with Crippen molar-refractivity contribution in [1.82, 2.24) is 10.4 Å². The number of rotatable bonds is 7. The van der Waals surface area contributed by atoms with Crippen LogP contribution in [0.15, 0.2) is 18.2 Å². The highest BCUT2D eigenvalue weighted by atomic mass is 19.1. The highest BCUT2D eigenvalue weighted by molar-refractivity contribution is 5.73. The van der Waals surface area contributed by atoms with E-state index >= 15 is 0 Å². The fraction of sp³-hybridized carbons (Fsp3) is 0.526. The van der Waals surface area contributed by atoms with E-state index in [2.05, 4.69) is 10.6 Å². The number of halogens is 1. The summed E-state index contributed by atoms with van der Waals surface area (Å²) in [7, 11) is 0. The van der Waals surface area contributed by atoms with Gasteiger partial charge in [-0.2, -0.15) is 0 Å². The van der Waals surface area contributed by atoms with E-state index < -0.39 is 17.9 Å². The number of amides is 2. The first-order valence-corrected chi connectivity index (χ1v) is 9.37. The predicted molar refractivity (Wildman–Crippen MR) is 105 cm³/mol. The van der Waals surface area contributed by atoms with Crippen molar-refractivity contribution in [2.24, 2.45) is 0 Å². The van der Waals surface area contributed by atoms with E-state index in [1.165, 1.54) is 31.9 Å². The summed E-state index contributed by atoms with van der Waals surface area (Å²) in [6, 6.07) is 4.72. The van der Waals surface area contributed by atoms with Crippen molar-refractivity contribution >= 4 is 29.2 Å². The van der Waals surface area contributed by atoms with Gasteiger partial charge >= 0.3 is 5.97 Å². The summed E-state index contributed by atoms with van der Waals surface area (Å²) in [5, 5.41) is 6.88. The first-order valence-electron chi connectivity index (χ1n) is 9.37. The predicted octanol–water partition coefficient (Wildman–Crippen LogP) is 0.905. The summed E-state index contributed by atoms with van der Waals surface area (Å²) in [6.45, 7) is 5.99. The summed E-state index contributed by atoms with van der Waals surface area (Å²) in [4.78, 5) is 40.9. The number of nitrogens with zero attached hydrogens (tertiary/aromatic N) is 2. The maximum atomic E-state index is 14.7. The minimum Gasteiger partial charge on any atom is -0.459 e. The molecule has 1 fully saturated rings. The Labute approximate surface area is 169 Å². The van der Waals surface area contributed by atoms with Crippen molar-refractivity contribution in [2.75, 3.05) is 49.5 Å². The molecule has 1 aromatic rings. The smallest absolute Gasteiger partial charge is 0.303 e. The highest BCUT2D eigenvalue weighted by Gasteiger charge is 2.20. The Morgan fingerprint density at radius 3 is 2.55 bits per heavy atom. The van der Waals surface area contributed by atoms with Crippen LogP contribution in [0.25, 0.3) is 0 Å². The molecule has 1 saturated heterocycles. The molecular weight excluding hydrogens is 383 g/mol. The van der Waals surface area contributed by atoms with E-state index in [4.69, 9.17) is 9.57 Å². The Balaban J connectivity index is 1.98. The average molecular weight is 410 g/mol. The third-order valence-corrected chi connectivity index (χ3v) is 4.27. The normalized spacial score (nSPS) is 15.3. The average Bonchev–Trinajstić information content (AvgIpc) is 2.90. The van der Waals surface area contributed by atoms with Crippen molar-refractivity contribution < 1.29 is 28.3 Å². The molecule has 160 valence electrons. The van der Waals surface area contributed by atoms with Gasteiger partial charge in [-0.25, -0.2) is 9.45 Å². The topological polar surface area (TPSA) is 100 Å². The fourth-order valence-corrected chi connectivity index (χ4v) is 2.89. The van der Waals surface area contributed by atoms with Crippen molar-refractivity contribution in [2.45, 2.75) is 26.9 Å². The number of anilines is 2. The zero-order valence-corrected chi connectivity index (χ0v) is 16.9. The van der Waals surface area contributed by atoms with E-state index in [-0.39, 0.29) is 31.5 Å². The number of ether oxygens (including phenoxy) is 1. The standard InChI is InChI=1S/C19H27FN4O5/c1-13(25)21-11-17(29-15(3)27)12-22-16-4-5-19(18(20)10-16)23-6-7-24(14(2)26)28-9-8-23/h4-5,10,17,22H,6-9,11-12H2,1-3H3,(H,21,25)/t17-/m0/s1. The van der Waals surface area contributed by atoms with Gasteiger partial charge in [-0.3, -0.25) is 19.2 Å². The first-order chi connectivity index (χ1) is 13.8. The summed E-state index contributed by atoms with van der Waals surface area (Å²) in [5.41, 5.74) is 0.932. The molecule has 0 unspecified atom stereocenters. The molecule has 1 heterocycles. The summed E-state index contributed by atoms with van der Waals surface area (Å²) in [6.07, 6.45) is -0.584. The van der Waals surface area contributed by atoms with Gasteiger partial charge in [0.25, 0.3) is 0 Å². The number of hydrogen-bond acceptors (Lipinski definition) is 7. The van der Waals surface area contributed by atoms with Crippen LogP contribution in [0, 0.1) is 5.82 Å². The molecule has 2 rings (SSSR count). The van der Waals surface area contributed by atoms with E-state index in [0.717, 1.165) is 0 Å². The Kier molecular flexibility index (Phi) is 8.20. The SMILES string of the molecule is CC(=O)NC[C@@H](CNc1ccc(N2CCON(C(C)=O)CC2)c(F)c1)OC(C)=O. The lowest BCUT2D eigenvalue weighted by atomic mass is 10.2. The molecule has 0 bridgehead atoms. The van der Waals surface area contributed by atoms with Crippen LogP contribution in [0.5, 0.6) is 0 Å². The Bertz CT molecular complexity index is 745. The van der Waals surface area contributed by atoms with Crippen LogP contribution < -0.4 is 15.5 Å². The van der Waals surface area contributed by atoms with Gasteiger partial charge in [-0.15, -0.1) is 0 Å². The zero-order chi connectivity index (χ0) is 21.4. The van der Waals surface area contributed by atoms with Crippen LogP contribution in [0.2, 0.25) is 0 Å². The van der Waals surface area contributed by atoms with E-state index in [1.54, 1.807) is 12.1 Å². The van der Waals surface area contributed by atoms with Crippen molar-refractivity contribution in [3.8, 4) is 0 Å². The van der Waals surface area contributed by atoms with Crippen molar-refractivity contribution in [3.05, 3.63) is 24.0 Å². The molecule has 0 saturated carbocycles. The Morgan fingerprint density at radius 2 is 1.93 bits per heavy atom. The van der Waals surface area contributed by atoms with E-state index in [9.17, 15) is 18.8 Å². The molecule has 29 heavy (non-hydrogen) atoms. The third-order valence-electron chi connectivity index (χ3n) is 4.27. The second-order valence-corrected chi connectivity index (χ2v) is 6.66.